The topological polar surface area (TPSA) is 83.3 Å². The molecule has 184 valence electrons. The Bertz CT molecular complexity index is 1340. The summed E-state index contributed by atoms with van der Waals surface area (Å²) in [7, 11) is 1.68. The molecule has 2 aliphatic rings. The number of rotatable bonds is 5. The number of halogens is 2. The van der Waals surface area contributed by atoms with Crippen LogP contribution in [-0.4, -0.2) is 43.7 Å². The van der Waals surface area contributed by atoms with Crippen molar-refractivity contribution in [3.8, 4) is 0 Å². The third kappa shape index (κ3) is 5.43. The van der Waals surface area contributed by atoms with E-state index in [0.717, 1.165) is 37.1 Å². The van der Waals surface area contributed by atoms with Crippen molar-refractivity contribution in [2.45, 2.75) is 39.3 Å². The van der Waals surface area contributed by atoms with E-state index in [0.29, 0.717) is 39.2 Å². The molecule has 0 amide bonds. The van der Waals surface area contributed by atoms with Crippen LogP contribution < -0.4 is 10.9 Å². The van der Waals surface area contributed by atoms with Gasteiger partial charge < -0.3 is 10.4 Å². The van der Waals surface area contributed by atoms with E-state index in [9.17, 15) is 9.90 Å². The van der Waals surface area contributed by atoms with Crippen LogP contribution in [0.4, 0.5) is 11.6 Å². The van der Waals surface area contributed by atoms with Crippen LogP contribution in [0.25, 0.3) is 16.6 Å². The number of hydrogen-bond acceptors (Lipinski definition) is 6. The lowest BCUT2D eigenvalue weighted by atomic mass is 9.99. The summed E-state index contributed by atoms with van der Waals surface area (Å²) in [6, 6.07) is 9.76. The van der Waals surface area contributed by atoms with Crippen LogP contribution in [0.2, 0.25) is 0 Å². The molecule has 0 spiro atoms. The zero-order valence-electron chi connectivity index (χ0n) is 20.1. The fraction of sp³-hybridized carbons (Fsp3) is 0.346. The summed E-state index contributed by atoms with van der Waals surface area (Å²) in [6.07, 6.45) is 4.79. The first-order chi connectivity index (χ1) is 16.9. The first-order valence-electron chi connectivity index (χ1n) is 11.8. The van der Waals surface area contributed by atoms with Gasteiger partial charge in [-0.15, -0.1) is 0 Å². The van der Waals surface area contributed by atoms with Gasteiger partial charge in [0.25, 0.3) is 5.56 Å². The Kier molecular flexibility index (Phi) is 7.91. The zero-order valence-corrected chi connectivity index (χ0v) is 21.6. The predicted molar refractivity (Wildman–Crippen MR) is 143 cm³/mol. The minimum Gasteiger partial charge on any atom is -0.390 e. The summed E-state index contributed by atoms with van der Waals surface area (Å²) in [5.74, 6) is 0.400. The van der Waals surface area contributed by atoms with Crippen molar-refractivity contribution in [2.24, 2.45) is 7.05 Å². The molecule has 7 nitrogen and oxygen atoms in total. The molecule has 2 aromatic heterocycles. The number of fused-ring (bicyclic) bond motifs is 1. The van der Waals surface area contributed by atoms with E-state index in [-0.39, 0.29) is 11.7 Å². The number of hydrogen-bond donors (Lipinski definition) is 2. The number of likely N-dealkylation sites (tertiary alicyclic amines) is 1. The molecule has 5 rings (SSSR count). The Morgan fingerprint density at radius 2 is 1.89 bits per heavy atom. The van der Waals surface area contributed by atoms with E-state index in [4.69, 9.17) is 23.2 Å². The van der Waals surface area contributed by atoms with Gasteiger partial charge >= 0.3 is 0 Å². The van der Waals surface area contributed by atoms with Gasteiger partial charge in [-0.1, -0.05) is 55.3 Å². The third-order valence-electron chi connectivity index (χ3n) is 5.97. The third-order valence-corrected chi connectivity index (χ3v) is 6.69. The second-order valence-corrected chi connectivity index (χ2v) is 9.30. The maximum atomic E-state index is 13.1. The number of aliphatic hydroxyl groups is 1. The van der Waals surface area contributed by atoms with Crippen LogP contribution in [0.1, 0.15) is 37.8 Å². The SMILES string of the molecule is CC.Cn1c(=O)c(C2=C(Cl)CCC=C2Cl)cc2cnc(Nc3ccc(CN4CC(O)C4)cc3)nc21. The van der Waals surface area contributed by atoms with Gasteiger partial charge in [0, 0.05) is 59.6 Å². The summed E-state index contributed by atoms with van der Waals surface area (Å²) in [6.45, 7) is 6.25. The van der Waals surface area contributed by atoms with Gasteiger partial charge in [-0.3, -0.25) is 14.3 Å². The minimum atomic E-state index is -0.214. The van der Waals surface area contributed by atoms with Crippen LogP contribution in [-0.2, 0) is 13.6 Å². The van der Waals surface area contributed by atoms with Crippen molar-refractivity contribution >= 4 is 51.4 Å². The largest absolute Gasteiger partial charge is 0.390 e. The summed E-state index contributed by atoms with van der Waals surface area (Å²) in [5, 5.41) is 14.4. The van der Waals surface area contributed by atoms with Gasteiger partial charge in [0.15, 0.2) is 0 Å². The molecule has 1 aliphatic heterocycles. The first-order valence-corrected chi connectivity index (χ1v) is 12.5. The average Bonchev–Trinajstić information content (AvgIpc) is 2.84. The molecule has 3 heterocycles. The van der Waals surface area contributed by atoms with E-state index >= 15 is 0 Å². The number of β-amino-alcohol motifs (C(OH)–C–C–N with tert-alkyl or cyclic N) is 1. The van der Waals surface area contributed by atoms with E-state index in [1.165, 1.54) is 10.1 Å². The summed E-state index contributed by atoms with van der Waals surface area (Å²) < 4.78 is 1.50. The van der Waals surface area contributed by atoms with E-state index in [1.807, 2.05) is 44.2 Å². The molecule has 1 aliphatic carbocycles. The number of aromatic nitrogens is 3. The van der Waals surface area contributed by atoms with Gasteiger partial charge in [0.1, 0.15) is 5.65 Å². The maximum absolute atomic E-state index is 13.1. The highest BCUT2D eigenvalue weighted by molar-refractivity contribution is 6.42. The second kappa shape index (κ2) is 10.9. The van der Waals surface area contributed by atoms with Gasteiger partial charge in [-0.25, -0.2) is 4.98 Å². The molecule has 0 radical (unpaired) electrons. The molecule has 3 aromatic rings. The molecule has 0 saturated carbocycles. The number of pyridine rings is 1. The monoisotopic (exact) mass is 513 g/mol. The number of anilines is 2. The quantitative estimate of drug-likeness (QED) is 0.491. The van der Waals surface area contributed by atoms with E-state index < -0.39 is 0 Å². The number of allylic oxidation sites excluding steroid dienone is 4. The van der Waals surface area contributed by atoms with Crippen molar-refractivity contribution in [1.29, 1.82) is 0 Å². The van der Waals surface area contributed by atoms with Crippen molar-refractivity contribution in [3.05, 3.63) is 74.1 Å². The molecule has 0 unspecified atom stereocenters. The van der Waals surface area contributed by atoms with E-state index in [2.05, 4.69) is 20.2 Å². The lowest BCUT2D eigenvalue weighted by Crippen LogP contribution is -2.49. The van der Waals surface area contributed by atoms with Crippen LogP contribution in [0, 0.1) is 0 Å². The molecule has 2 N–H and O–H groups in total. The molecular weight excluding hydrogens is 485 g/mol. The Hall–Kier alpha value is -2.71. The van der Waals surface area contributed by atoms with Crippen molar-refractivity contribution < 1.29 is 5.11 Å². The lowest BCUT2D eigenvalue weighted by molar-refractivity contribution is -0.00286. The number of nitrogens with zero attached hydrogens (tertiary/aromatic N) is 4. The van der Waals surface area contributed by atoms with Gasteiger partial charge in [0.05, 0.1) is 11.7 Å². The molecule has 1 aromatic carbocycles. The molecule has 0 bridgehead atoms. The molecule has 1 saturated heterocycles. The zero-order chi connectivity index (χ0) is 25.1. The Morgan fingerprint density at radius 3 is 2.54 bits per heavy atom. The fourth-order valence-electron chi connectivity index (χ4n) is 4.20. The Balaban J connectivity index is 0.00000141. The van der Waals surface area contributed by atoms with Crippen LogP contribution in [0.3, 0.4) is 0 Å². The standard InChI is InChI=1S/C24H23Cl2N5O2.C2H6/c1-30-22-15(9-18(23(30)33)21-19(25)3-2-4-20(21)26)10-27-24(29-22)28-16-7-5-14(6-8-16)11-31-12-17(32)13-31;1-2/h3,5-10,17,32H,2,4,11-13H2,1H3,(H,27,28,29);1-2H3. The summed E-state index contributed by atoms with van der Waals surface area (Å²) in [5.41, 5.74) is 3.35. The second-order valence-electron chi connectivity index (χ2n) is 8.44. The first kappa shape index (κ1) is 25.4. The predicted octanol–water partition coefficient (Wildman–Crippen LogP) is 5.14. The van der Waals surface area contributed by atoms with Gasteiger partial charge in [0.2, 0.25) is 5.95 Å². The summed E-state index contributed by atoms with van der Waals surface area (Å²) >= 11 is 12.8. The van der Waals surface area contributed by atoms with Crippen molar-refractivity contribution in [1.82, 2.24) is 19.4 Å². The normalized spacial score (nSPS) is 16.5. The molecular formula is C26H29Cl2N5O2. The fourth-order valence-corrected chi connectivity index (χ4v) is 4.88. The molecule has 35 heavy (non-hydrogen) atoms. The molecule has 0 atom stereocenters. The highest BCUT2D eigenvalue weighted by Gasteiger charge is 2.24. The van der Waals surface area contributed by atoms with Crippen LogP contribution in [0.5, 0.6) is 0 Å². The van der Waals surface area contributed by atoms with Crippen LogP contribution >= 0.6 is 23.2 Å². The average molecular weight is 514 g/mol. The minimum absolute atomic E-state index is 0.201. The smallest absolute Gasteiger partial charge is 0.259 e. The summed E-state index contributed by atoms with van der Waals surface area (Å²) in [4.78, 5) is 24.3. The lowest BCUT2D eigenvalue weighted by Gasteiger charge is -2.35. The highest BCUT2D eigenvalue weighted by Crippen LogP contribution is 2.36. The Morgan fingerprint density at radius 1 is 1.17 bits per heavy atom. The maximum Gasteiger partial charge on any atom is 0.259 e. The van der Waals surface area contributed by atoms with Gasteiger partial charge in [-0.2, -0.15) is 4.98 Å². The Labute approximate surface area is 214 Å². The highest BCUT2D eigenvalue weighted by atomic mass is 35.5. The molecule has 1 fully saturated rings. The number of nitrogens with one attached hydrogen (secondary N) is 1. The van der Waals surface area contributed by atoms with Crippen molar-refractivity contribution in [2.75, 3.05) is 18.4 Å². The van der Waals surface area contributed by atoms with Crippen molar-refractivity contribution in [3.63, 3.8) is 0 Å². The molecule has 9 heteroatoms. The number of benzene rings is 1. The number of aryl methyl sites for hydroxylation is 1. The van der Waals surface area contributed by atoms with Gasteiger partial charge in [-0.05, 0) is 36.6 Å². The van der Waals surface area contributed by atoms with E-state index in [1.54, 1.807) is 19.3 Å². The van der Waals surface area contributed by atoms with Crippen LogP contribution in [0.15, 0.2) is 57.5 Å². The number of aliphatic hydroxyl groups excluding tert-OH is 1.